The second-order valence-electron chi connectivity index (χ2n) is 7.29. The number of nitrogens with zero attached hydrogens (tertiary/aromatic N) is 1. The van der Waals surface area contributed by atoms with Crippen molar-refractivity contribution in [3.8, 4) is 0 Å². The number of nitro groups is 1. The van der Waals surface area contributed by atoms with Crippen LogP contribution < -0.4 is 10.6 Å². The van der Waals surface area contributed by atoms with Gasteiger partial charge in [-0.05, 0) is 36.9 Å². The van der Waals surface area contributed by atoms with Gasteiger partial charge in [-0.1, -0.05) is 18.2 Å². The topological polar surface area (TPSA) is 145 Å². The fourth-order valence-electron chi connectivity index (χ4n) is 3.70. The molecule has 0 spiro atoms. The van der Waals surface area contributed by atoms with Crippen LogP contribution in [0.5, 0.6) is 0 Å². The van der Waals surface area contributed by atoms with Gasteiger partial charge in [0.2, 0.25) is 0 Å². The van der Waals surface area contributed by atoms with Gasteiger partial charge in [0, 0.05) is 17.0 Å². The van der Waals surface area contributed by atoms with E-state index in [0.717, 1.165) is 11.0 Å². The molecule has 1 heterocycles. The number of non-ortho nitro benzene ring substituents is 1. The lowest BCUT2D eigenvalue weighted by atomic mass is 9.86. The number of benzene rings is 2. The highest BCUT2D eigenvalue weighted by atomic mass is 32.2. The van der Waals surface area contributed by atoms with Crippen LogP contribution in [-0.2, 0) is 19.4 Å². The van der Waals surface area contributed by atoms with Gasteiger partial charge in [0.25, 0.3) is 5.69 Å². The van der Waals surface area contributed by atoms with Crippen LogP contribution in [0, 0.1) is 16.0 Å². The van der Waals surface area contributed by atoms with Gasteiger partial charge in [0.05, 0.1) is 34.3 Å². The van der Waals surface area contributed by atoms with Gasteiger partial charge in [-0.3, -0.25) is 14.9 Å². The van der Waals surface area contributed by atoms with Crippen molar-refractivity contribution in [1.29, 1.82) is 0 Å². The number of nitrogens with one attached hydrogen (secondary N) is 2. The maximum absolute atomic E-state index is 13.1. The van der Waals surface area contributed by atoms with Crippen molar-refractivity contribution >= 4 is 39.3 Å². The summed E-state index contributed by atoms with van der Waals surface area (Å²) in [4.78, 5) is 36.4. The van der Waals surface area contributed by atoms with Gasteiger partial charge in [-0.15, -0.1) is 11.8 Å². The number of carbonyl (C=O) groups excluding carboxylic acids is 2. The van der Waals surface area contributed by atoms with Crippen LogP contribution in [0.2, 0.25) is 0 Å². The minimum atomic E-state index is -4.10. The third-order valence-electron chi connectivity index (χ3n) is 5.19. The summed E-state index contributed by atoms with van der Waals surface area (Å²) in [6.45, 7) is 1.70. The van der Waals surface area contributed by atoms with Crippen LogP contribution >= 0.6 is 11.8 Å². The van der Waals surface area contributed by atoms with E-state index in [1.54, 1.807) is 19.1 Å². The summed E-state index contributed by atoms with van der Waals surface area (Å²) in [6.07, 6.45) is 1.89. The zero-order valence-corrected chi connectivity index (χ0v) is 19.5. The minimum Gasteiger partial charge on any atom is -0.466 e. The molecule has 3 rings (SSSR count). The van der Waals surface area contributed by atoms with E-state index in [2.05, 4.69) is 10.6 Å². The Balaban J connectivity index is 2.00. The molecular formula is C21H23N3O7S2. The first kappa shape index (κ1) is 24.5. The molecule has 2 aromatic carbocycles. The molecule has 3 unspecified atom stereocenters. The predicted molar refractivity (Wildman–Crippen MR) is 122 cm³/mol. The largest absolute Gasteiger partial charge is 0.466 e. The number of urea groups is 1. The number of carbonyl (C=O) groups is 2. The van der Waals surface area contributed by atoms with Crippen molar-refractivity contribution < 1.29 is 27.7 Å². The van der Waals surface area contributed by atoms with E-state index in [0.29, 0.717) is 5.56 Å². The molecule has 0 saturated carbocycles. The van der Waals surface area contributed by atoms with Gasteiger partial charge < -0.3 is 15.4 Å². The Morgan fingerprint density at radius 3 is 2.58 bits per heavy atom. The van der Waals surface area contributed by atoms with E-state index in [-0.39, 0.29) is 17.2 Å². The molecule has 1 aliphatic rings. The molecule has 0 bridgehead atoms. The number of thioether (sulfide) groups is 1. The van der Waals surface area contributed by atoms with Crippen molar-refractivity contribution in [1.82, 2.24) is 10.6 Å². The van der Waals surface area contributed by atoms with Crippen LogP contribution in [0.15, 0.2) is 58.3 Å². The van der Waals surface area contributed by atoms with Crippen molar-refractivity contribution in [3.05, 3.63) is 64.2 Å². The molecule has 0 aromatic heterocycles. The summed E-state index contributed by atoms with van der Waals surface area (Å²) in [5.74, 6) is -2.35. The van der Waals surface area contributed by atoms with Gasteiger partial charge in [0.15, 0.2) is 9.84 Å². The second-order valence-corrected chi connectivity index (χ2v) is 10.2. The maximum atomic E-state index is 13.1. The molecule has 12 heteroatoms. The Morgan fingerprint density at radius 1 is 1.18 bits per heavy atom. The molecule has 10 nitrogen and oxygen atoms in total. The quantitative estimate of drug-likeness (QED) is 0.247. The van der Waals surface area contributed by atoms with Gasteiger partial charge >= 0.3 is 12.0 Å². The Hall–Kier alpha value is -3.12. The summed E-state index contributed by atoms with van der Waals surface area (Å²) in [5.41, 5.74) is 0.256. The van der Waals surface area contributed by atoms with Crippen LogP contribution in [-0.4, -0.2) is 50.0 Å². The maximum Gasteiger partial charge on any atom is 0.315 e. The van der Waals surface area contributed by atoms with Gasteiger partial charge in [0.1, 0.15) is 5.92 Å². The molecule has 2 aromatic rings. The lowest BCUT2D eigenvalue weighted by Gasteiger charge is -2.38. The van der Waals surface area contributed by atoms with Crippen LogP contribution in [0.1, 0.15) is 18.5 Å². The fraction of sp³-hybridized carbons (Fsp3) is 0.333. The Bertz CT molecular complexity index is 1170. The molecule has 2 N–H and O–H groups in total. The summed E-state index contributed by atoms with van der Waals surface area (Å²) in [7, 11) is -4.10. The van der Waals surface area contributed by atoms with Crippen molar-refractivity contribution in [3.63, 3.8) is 0 Å². The molecule has 176 valence electrons. The first-order valence-electron chi connectivity index (χ1n) is 10.0. The average Bonchev–Trinajstić information content (AvgIpc) is 2.78. The number of amides is 2. The normalized spacial score (nSPS) is 20.4. The first-order valence-corrected chi connectivity index (χ1v) is 12.9. The highest BCUT2D eigenvalue weighted by Crippen LogP contribution is 2.32. The highest BCUT2D eigenvalue weighted by molar-refractivity contribution is 7.98. The fourth-order valence-corrected chi connectivity index (χ4v) is 5.71. The summed E-state index contributed by atoms with van der Waals surface area (Å²) in [6, 6.07) is 9.30. The van der Waals surface area contributed by atoms with Crippen molar-refractivity contribution in [2.24, 2.45) is 5.92 Å². The Labute approximate surface area is 195 Å². The zero-order chi connectivity index (χ0) is 24.2. The van der Waals surface area contributed by atoms with E-state index >= 15 is 0 Å². The smallest absolute Gasteiger partial charge is 0.315 e. The molecule has 1 fully saturated rings. The summed E-state index contributed by atoms with van der Waals surface area (Å²) < 4.78 is 31.4. The summed E-state index contributed by atoms with van der Waals surface area (Å²) in [5, 5.41) is 16.3. The third kappa shape index (κ3) is 5.63. The molecular weight excluding hydrogens is 470 g/mol. The number of nitro benzene ring substituents is 1. The van der Waals surface area contributed by atoms with E-state index in [9.17, 15) is 28.1 Å². The number of hydrogen-bond acceptors (Lipinski definition) is 8. The van der Waals surface area contributed by atoms with E-state index in [4.69, 9.17) is 4.74 Å². The van der Waals surface area contributed by atoms with Crippen molar-refractivity contribution in [2.75, 3.05) is 18.6 Å². The number of rotatable bonds is 8. The van der Waals surface area contributed by atoms with Gasteiger partial charge in [-0.25, -0.2) is 13.2 Å². The van der Waals surface area contributed by atoms with Crippen molar-refractivity contribution in [2.45, 2.75) is 28.8 Å². The molecule has 3 atom stereocenters. The minimum absolute atomic E-state index is 0.0746. The Morgan fingerprint density at radius 2 is 1.91 bits per heavy atom. The lowest BCUT2D eigenvalue weighted by Crippen LogP contribution is -2.60. The third-order valence-corrected chi connectivity index (χ3v) is 7.69. The number of sulfone groups is 1. The first-order chi connectivity index (χ1) is 15.7. The lowest BCUT2D eigenvalue weighted by molar-refractivity contribution is -0.385. The second kappa shape index (κ2) is 10.2. The number of hydrogen-bond donors (Lipinski definition) is 2. The summed E-state index contributed by atoms with van der Waals surface area (Å²) >= 11 is 1.48. The molecule has 2 amide bonds. The van der Waals surface area contributed by atoms with E-state index < -0.39 is 50.5 Å². The molecule has 0 radical (unpaired) electrons. The standard InChI is InChI=1S/C21H23N3O7S2/c1-3-31-20(25)18-17(12-33(29,30)16-9-5-7-14(11-16)24(27)28)22-21(26)23-19(18)13-6-4-8-15(10-13)32-2/h4-11,17-19H,3,12H2,1-2H3,(H2,22,23,26). The number of esters is 1. The van der Waals surface area contributed by atoms with E-state index in [1.165, 1.54) is 30.0 Å². The predicted octanol–water partition coefficient (Wildman–Crippen LogP) is 2.69. The van der Waals surface area contributed by atoms with Gasteiger partial charge in [-0.2, -0.15) is 0 Å². The SMILES string of the molecule is CCOC(=O)C1C(CS(=O)(=O)c2cccc([N+](=O)[O-])c2)NC(=O)NC1c1cccc(SC)c1. The molecule has 1 aliphatic heterocycles. The van der Waals surface area contributed by atoms with E-state index in [1.807, 2.05) is 18.4 Å². The zero-order valence-electron chi connectivity index (χ0n) is 17.9. The average molecular weight is 494 g/mol. The molecule has 1 saturated heterocycles. The number of ether oxygens (including phenoxy) is 1. The monoisotopic (exact) mass is 493 g/mol. The van der Waals surface area contributed by atoms with Crippen LogP contribution in [0.3, 0.4) is 0 Å². The molecule has 0 aliphatic carbocycles. The van der Waals surface area contributed by atoms with Crippen LogP contribution in [0.25, 0.3) is 0 Å². The molecule has 33 heavy (non-hydrogen) atoms. The highest BCUT2D eigenvalue weighted by Gasteiger charge is 2.45. The van der Waals surface area contributed by atoms with Crippen LogP contribution in [0.4, 0.5) is 10.5 Å². The Kier molecular flexibility index (Phi) is 7.59.